The van der Waals surface area contributed by atoms with E-state index in [1.807, 2.05) is 72.8 Å². The Morgan fingerprint density at radius 3 is 2.50 bits per heavy atom. The van der Waals surface area contributed by atoms with Crippen LogP contribution in [0.2, 0.25) is 10.2 Å². The van der Waals surface area contributed by atoms with Crippen molar-refractivity contribution >= 4 is 34.1 Å². The Balaban J connectivity index is 1.69. The molecular formula is C21H14Cl2N2O. The Morgan fingerprint density at radius 2 is 1.62 bits per heavy atom. The quantitative estimate of drug-likeness (QED) is 0.423. The summed E-state index contributed by atoms with van der Waals surface area (Å²) in [4.78, 5) is 0. The first-order chi connectivity index (χ1) is 12.7. The van der Waals surface area contributed by atoms with Gasteiger partial charge in [0.15, 0.2) is 5.15 Å². The number of fused-ring (bicyclic) bond motifs is 1. The fraction of sp³-hybridized carbons (Fsp3) is 0.0476. The molecular weight excluding hydrogens is 367 g/mol. The Labute approximate surface area is 161 Å². The fourth-order valence-corrected chi connectivity index (χ4v) is 3.26. The lowest BCUT2D eigenvalue weighted by Crippen LogP contribution is -1.96. The highest BCUT2D eigenvalue weighted by Gasteiger charge is 2.12. The molecule has 4 rings (SSSR count). The van der Waals surface area contributed by atoms with Crippen LogP contribution in [0.3, 0.4) is 0 Å². The van der Waals surface area contributed by atoms with Crippen LogP contribution in [0.4, 0.5) is 0 Å². The van der Waals surface area contributed by atoms with Crippen LogP contribution in [0, 0.1) is 0 Å². The standard InChI is InChI=1S/C21H14Cl2N2O/c22-18-10-3-1-6-15(18)13-26-16-8-5-7-14(12-16)20-17-9-2-4-11-19(17)24-25-21(20)23/h1-12H,13H2. The van der Waals surface area contributed by atoms with E-state index in [4.69, 9.17) is 27.9 Å². The van der Waals surface area contributed by atoms with Gasteiger partial charge in [-0.25, -0.2) is 0 Å². The van der Waals surface area contributed by atoms with Crippen molar-refractivity contribution in [3.05, 3.63) is 88.5 Å². The van der Waals surface area contributed by atoms with Crippen molar-refractivity contribution in [3.8, 4) is 16.9 Å². The molecule has 0 aliphatic carbocycles. The minimum absolute atomic E-state index is 0.368. The van der Waals surface area contributed by atoms with Gasteiger partial charge in [-0.15, -0.1) is 10.2 Å². The Morgan fingerprint density at radius 1 is 0.808 bits per heavy atom. The summed E-state index contributed by atoms with van der Waals surface area (Å²) < 4.78 is 5.92. The molecule has 26 heavy (non-hydrogen) atoms. The van der Waals surface area contributed by atoms with Gasteiger partial charge in [-0.05, 0) is 29.8 Å². The molecule has 1 aromatic heterocycles. The molecule has 0 radical (unpaired) electrons. The summed E-state index contributed by atoms with van der Waals surface area (Å²) in [6.45, 7) is 0.395. The van der Waals surface area contributed by atoms with Crippen LogP contribution in [0.5, 0.6) is 5.75 Å². The molecule has 0 amide bonds. The highest BCUT2D eigenvalue weighted by atomic mass is 35.5. The van der Waals surface area contributed by atoms with E-state index in [0.717, 1.165) is 33.3 Å². The van der Waals surface area contributed by atoms with Gasteiger partial charge in [-0.1, -0.05) is 71.7 Å². The van der Waals surface area contributed by atoms with Crippen molar-refractivity contribution < 1.29 is 4.74 Å². The number of benzene rings is 3. The molecule has 5 heteroatoms. The van der Waals surface area contributed by atoms with Crippen LogP contribution in [0.15, 0.2) is 72.8 Å². The van der Waals surface area contributed by atoms with Gasteiger partial charge in [0.1, 0.15) is 12.4 Å². The van der Waals surface area contributed by atoms with Crippen molar-refractivity contribution in [1.29, 1.82) is 0 Å². The summed E-state index contributed by atoms with van der Waals surface area (Å²) >= 11 is 12.5. The molecule has 128 valence electrons. The zero-order valence-corrected chi connectivity index (χ0v) is 15.2. The predicted octanol–water partition coefficient (Wildman–Crippen LogP) is 6.18. The lowest BCUT2D eigenvalue weighted by Gasteiger charge is -2.11. The molecule has 4 aromatic rings. The number of aromatic nitrogens is 2. The second-order valence-corrected chi connectivity index (χ2v) is 6.56. The van der Waals surface area contributed by atoms with E-state index in [1.54, 1.807) is 0 Å². The van der Waals surface area contributed by atoms with E-state index < -0.39 is 0 Å². The Bertz CT molecular complexity index is 1080. The highest BCUT2D eigenvalue weighted by Crippen LogP contribution is 2.34. The summed E-state index contributed by atoms with van der Waals surface area (Å²) in [6.07, 6.45) is 0. The van der Waals surface area contributed by atoms with Crippen LogP contribution < -0.4 is 4.74 Å². The van der Waals surface area contributed by atoms with Crippen LogP contribution in [0.25, 0.3) is 22.0 Å². The van der Waals surface area contributed by atoms with Gasteiger partial charge in [0, 0.05) is 21.5 Å². The van der Waals surface area contributed by atoms with Crippen molar-refractivity contribution in [2.45, 2.75) is 6.61 Å². The van der Waals surface area contributed by atoms with Gasteiger partial charge in [-0.3, -0.25) is 0 Å². The molecule has 3 aromatic carbocycles. The molecule has 0 atom stereocenters. The maximum Gasteiger partial charge on any atom is 0.160 e. The van der Waals surface area contributed by atoms with Crippen LogP contribution in [0.1, 0.15) is 5.56 Å². The average Bonchev–Trinajstić information content (AvgIpc) is 2.67. The van der Waals surface area contributed by atoms with Gasteiger partial charge in [0.2, 0.25) is 0 Å². The molecule has 0 saturated heterocycles. The van der Waals surface area contributed by atoms with Gasteiger partial charge < -0.3 is 4.74 Å². The van der Waals surface area contributed by atoms with Crippen LogP contribution >= 0.6 is 23.2 Å². The molecule has 0 saturated carbocycles. The van der Waals surface area contributed by atoms with Crippen molar-refractivity contribution in [3.63, 3.8) is 0 Å². The molecule has 0 fully saturated rings. The third-order valence-corrected chi connectivity index (χ3v) is 4.73. The van der Waals surface area contributed by atoms with Crippen molar-refractivity contribution in [2.75, 3.05) is 0 Å². The number of ether oxygens (including phenoxy) is 1. The SMILES string of the molecule is Clc1ccccc1COc1cccc(-c2c(Cl)nnc3ccccc23)c1. The molecule has 3 nitrogen and oxygen atoms in total. The first-order valence-corrected chi connectivity index (χ1v) is 8.85. The fourth-order valence-electron chi connectivity index (χ4n) is 2.82. The zero-order chi connectivity index (χ0) is 17.9. The molecule has 0 aliphatic rings. The molecule has 0 N–H and O–H groups in total. The number of nitrogens with zero attached hydrogens (tertiary/aromatic N) is 2. The normalized spacial score (nSPS) is 10.8. The lowest BCUT2D eigenvalue weighted by atomic mass is 10.0. The van der Waals surface area contributed by atoms with E-state index in [9.17, 15) is 0 Å². The van der Waals surface area contributed by atoms with Gasteiger partial charge >= 0.3 is 0 Å². The number of rotatable bonds is 4. The van der Waals surface area contributed by atoms with Crippen molar-refractivity contribution in [2.24, 2.45) is 0 Å². The van der Waals surface area contributed by atoms with E-state index in [2.05, 4.69) is 10.2 Å². The lowest BCUT2D eigenvalue weighted by molar-refractivity contribution is 0.306. The predicted molar refractivity (Wildman–Crippen MR) is 106 cm³/mol. The van der Waals surface area contributed by atoms with E-state index >= 15 is 0 Å². The zero-order valence-electron chi connectivity index (χ0n) is 13.7. The number of hydrogen-bond donors (Lipinski definition) is 0. The monoisotopic (exact) mass is 380 g/mol. The Hall–Kier alpha value is -2.62. The smallest absolute Gasteiger partial charge is 0.160 e. The van der Waals surface area contributed by atoms with E-state index in [-0.39, 0.29) is 0 Å². The first kappa shape index (κ1) is 16.8. The third kappa shape index (κ3) is 3.36. The second kappa shape index (κ2) is 7.32. The Kier molecular flexibility index (Phi) is 4.74. The summed E-state index contributed by atoms with van der Waals surface area (Å²) in [5.41, 5.74) is 3.51. The largest absolute Gasteiger partial charge is 0.489 e. The second-order valence-electron chi connectivity index (χ2n) is 5.79. The topological polar surface area (TPSA) is 35.0 Å². The maximum absolute atomic E-state index is 6.35. The van der Waals surface area contributed by atoms with Crippen LogP contribution in [-0.2, 0) is 6.61 Å². The third-order valence-electron chi connectivity index (χ3n) is 4.10. The number of halogens is 2. The van der Waals surface area contributed by atoms with Gasteiger partial charge in [0.25, 0.3) is 0 Å². The van der Waals surface area contributed by atoms with Gasteiger partial charge in [0.05, 0.1) is 5.52 Å². The summed E-state index contributed by atoms with van der Waals surface area (Å²) in [6, 6.07) is 23.2. The van der Waals surface area contributed by atoms with E-state index in [1.165, 1.54) is 0 Å². The number of hydrogen-bond acceptors (Lipinski definition) is 3. The molecule has 0 bridgehead atoms. The van der Waals surface area contributed by atoms with Crippen LogP contribution in [-0.4, -0.2) is 10.2 Å². The van der Waals surface area contributed by atoms with Gasteiger partial charge in [-0.2, -0.15) is 0 Å². The summed E-state index contributed by atoms with van der Waals surface area (Å²) in [5, 5.41) is 10.2. The highest BCUT2D eigenvalue weighted by molar-refractivity contribution is 6.33. The summed E-state index contributed by atoms with van der Waals surface area (Å²) in [5.74, 6) is 0.736. The molecule has 0 unspecified atom stereocenters. The minimum Gasteiger partial charge on any atom is -0.489 e. The minimum atomic E-state index is 0.368. The average molecular weight is 381 g/mol. The van der Waals surface area contributed by atoms with E-state index in [0.29, 0.717) is 16.8 Å². The summed E-state index contributed by atoms with van der Waals surface area (Å²) in [7, 11) is 0. The molecule has 0 aliphatic heterocycles. The molecule has 0 spiro atoms. The first-order valence-electron chi connectivity index (χ1n) is 8.10. The maximum atomic E-state index is 6.35. The van der Waals surface area contributed by atoms with Crippen molar-refractivity contribution in [1.82, 2.24) is 10.2 Å². The molecule has 1 heterocycles.